The van der Waals surface area contributed by atoms with E-state index < -0.39 is 16.7 Å². The second kappa shape index (κ2) is 9.63. The van der Waals surface area contributed by atoms with Gasteiger partial charge in [-0.15, -0.1) is 11.3 Å². The Bertz CT molecular complexity index is 1140. The maximum absolute atomic E-state index is 12.1. The van der Waals surface area contributed by atoms with Crippen LogP contribution in [0.25, 0.3) is 11.5 Å². The van der Waals surface area contributed by atoms with E-state index in [1.54, 1.807) is 17.5 Å². The highest BCUT2D eigenvalue weighted by Crippen LogP contribution is 2.26. The number of nitro benzene ring substituents is 1. The van der Waals surface area contributed by atoms with Crippen molar-refractivity contribution in [1.29, 1.82) is 0 Å². The fourth-order valence-electron chi connectivity index (χ4n) is 2.45. The number of carbonyl (C=O) groups is 3. The van der Waals surface area contributed by atoms with E-state index in [1.165, 1.54) is 36.5 Å². The van der Waals surface area contributed by atoms with Crippen LogP contribution in [0.4, 0.5) is 10.8 Å². The first-order valence-electron chi connectivity index (χ1n) is 8.93. The fraction of sp³-hybridized carbons (Fsp3) is 0.158. The van der Waals surface area contributed by atoms with Gasteiger partial charge in [0, 0.05) is 30.0 Å². The van der Waals surface area contributed by atoms with Crippen LogP contribution in [-0.2, 0) is 16.1 Å². The number of hydrogen-bond acceptors (Lipinski definition) is 8. The Kier molecular flexibility index (Phi) is 6.72. The monoisotopic (exact) mass is 443 g/mol. The Morgan fingerprint density at radius 3 is 2.74 bits per heavy atom. The molecule has 160 valence electrons. The lowest BCUT2D eigenvalue weighted by molar-refractivity contribution is -0.384. The highest BCUT2D eigenvalue weighted by Gasteiger charge is 2.14. The Morgan fingerprint density at radius 1 is 1.19 bits per heavy atom. The largest absolute Gasteiger partial charge is 0.458 e. The fourth-order valence-corrected chi connectivity index (χ4v) is 3.17. The predicted octanol–water partition coefficient (Wildman–Crippen LogP) is 2.32. The summed E-state index contributed by atoms with van der Waals surface area (Å²) in [6, 6.07) is 8.62. The minimum Gasteiger partial charge on any atom is -0.458 e. The van der Waals surface area contributed by atoms with Crippen molar-refractivity contribution in [2.24, 2.45) is 0 Å². The van der Waals surface area contributed by atoms with E-state index in [9.17, 15) is 24.5 Å². The van der Waals surface area contributed by atoms with Crippen molar-refractivity contribution < 1.29 is 23.7 Å². The van der Waals surface area contributed by atoms with Crippen LogP contribution in [-0.4, -0.2) is 34.2 Å². The number of nitrogens with zero attached hydrogens (tertiary/aromatic N) is 2. The van der Waals surface area contributed by atoms with Crippen molar-refractivity contribution in [1.82, 2.24) is 15.6 Å². The van der Waals surface area contributed by atoms with Crippen molar-refractivity contribution in [2.75, 3.05) is 11.9 Å². The molecule has 0 fully saturated rings. The van der Waals surface area contributed by atoms with Gasteiger partial charge in [-0.05, 0) is 18.2 Å². The number of hydrogen-bond donors (Lipinski definition) is 3. The van der Waals surface area contributed by atoms with Gasteiger partial charge in [0.25, 0.3) is 11.6 Å². The lowest BCUT2D eigenvalue weighted by atomic mass is 10.2. The van der Waals surface area contributed by atoms with E-state index in [-0.39, 0.29) is 30.2 Å². The highest BCUT2D eigenvalue weighted by atomic mass is 32.1. The van der Waals surface area contributed by atoms with Gasteiger partial charge in [-0.25, -0.2) is 4.98 Å². The van der Waals surface area contributed by atoms with Crippen LogP contribution >= 0.6 is 11.3 Å². The first-order valence-corrected chi connectivity index (χ1v) is 9.81. The molecule has 0 bridgehead atoms. The average molecular weight is 443 g/mol. The molecule has 3 aromatic rings. The van der Waals surface area contributed by atoms with Crippen LogP contribution in [0.3, 0.4) is 0 Å². The molecular formula is C19H17N5O6S. The molecule has 0 unspecified atom stereocenters. The summed E-state index contributed by atoms with van der Waals surface area (Å²) in [7, 11) is 0. The van der Waals surface area contributed by atoms with Gasteiger partial charge in [0.2, 0.25) is 11.8 Å². The number of rotatable bonds is 8. The third-order valence-electron chi connectivity index (χ3n) is 3.90. The molecule has 0 saturated heterocycles. The number of amides is 3. The Labute approximate surface area is 179 Å². The van der Waals surface area contributed by atoms with Crippen molar-refractivity contribution in [2.45, 2.75) is 13.5 Å². The Hall–Kier alpha value is -4.06. The molecule has 3 N–H and O–H groups in total. The molecule has 0 spiro atoms. The van der Waals surface area contributed by atoms with Gasteiger partial charge >= 0.3 is 0 Å². The molecule has 11 nitrogen and oxygen atoms in total. The summed E-state index contributed by atoms with van der Waals surface area (Å²) in [6.45, 7) is 1.33. The lowest BCUT2D eigenvalue weighted by Crippen LogP contribution is -2.32. The molecule has 2 heterocycles. The number of anilines is 1. The third-order valence-corrected chi connectivity index (χ3v) is 4.66. The Morgan fingerprint density at radius 2 is 2.00 bits per heavy atom. The van der Waals surface area contributed by atoms with E-state index in [4.69, 9.17) is 4.42 Å². The van der Waals surface area contributed by atoms with E-state index in [0.29, 0.717) is 22.3 Å². The van der Waals surface area contributed by atoms with Crippen molar-refractivity contribution >= 4 is 39.9 Å². The van der Waals surface area contributed by atoms with E-state index >= 15 is 0 Å². The van der Waals surface area contributed by atoms with Crippen molar-refractivity contribution in [3.63, 3.8) is 0 Å². The second-order valence-electron chi connectivity index (χ2n) is 6.25. The van der Waals surface area contributed by atoms with Crippen LogP contribution < -0.4 is 16.0 Å². The van der Waals surface area contributed by atoms with Crippen molar-refractivity contribution in [3.05, 3.63) is 63.2 Å². The first-order chi connectivity index (χ1) is 14.8. The molecule has 31 heavy (non-hydrogen) atoms. The topological polar surface area (TPSA) is 156 Å². The third kappa shape index (κ3) is 5.96. The molecule has 3 rings (SSSR count). The van der Waals surface area contributed by atoms with Crippen LogP contribution in [0.1, 0.15) is 23.0 Å². The quantitative estimate of drug-likeness (QED) is 0.356. The number of aromatic nitrogens is 1. The van der Waals surface area contributed by atoms with Crippen LogP contribution in [0.15, 0.2) is 46.2 Å². The van der Waals surface area contributed by atoms with Gasteiger partial charge < -0.3 is 20.4 Å². The molecule has 0 aliphatic heterocycles. The van der Waals surface area contributed by atoms with Crippen LogP contribution in [0.2, 0.25) is 0 Å². The maximum Gasteiger partial charge on any atom is 0.270 e. The average Bonchev–Trinajstić information content (AvgIpc) is 3.40. The van der Waals surface area contributed by atoms with E-state index in [1.807, 2.05) is 0 Å². The van der Waals surface area contributed by atoms with E-state index in [2.05, 4.69) is 20.9 Å². The smallest absolute Gasteiger partial charge is 0.270 e. The summed E-state index contributed by atoms with van der Waals surface area (Å²) in [5, 5.41) is 20.4. The number of nitrogens with one attached hydrogen (secondary N) is 3. The highest BCUT2D eigenvalue weighted by molar-refractivity contribution is 7.14. The minimum absolute atomic E-state index is 0.0754. The number of carbonyl (C=O) groups excluding carboxylic acids is 3. The van der Waals surface area contributed by atoms with Crippen LogP contribution in [0.5, 0.6) is 0 Å². The summed E-state index contributed by atoms with van der Waals surface area (Å²) in [5.41, 5.74) is 0.368. The molecule has 3 amide bonds. The first kappa shape index (κ1) is 21.6. The summed E-state index contributed by atoms with van der Waals surface area (Å²) < 4.78 is 5.60. The maximum atomic E-state index is 12.1. The molecule has 0 aliphatic rings. The predicted molar refractivity (Wildman–Crippen MR) is 111 cm³/mol. The molecule has 0 aliphatic carbocycles. The summed E-state index contributed by atoms with van der Waals surface area (Å²) >= 11 is 1.18. The van der Waals surface area contributed by atoms with Gasteiger partial charge in [0.05, 0.1) is 18.0 Å². The SMILES string of the molecule is CC(=O)NCc1ccc(-c2csc(NC(=O)CNC(=O)c3cccc([N+](=O)[O-])c3)n2)o1. The zero-order valence-electron chi connectivity index (χ0n) is 16.2. The molecular weight excluding hydrogens is 426 g/mol. The summed E-state index contributed by atoms with van der Waals surface area (Å²) in [4.78, 5) is 49.6. The minimum atomic E-state index is -0.610. The number of thiazole rings is 1. The molecule has 1 aromatic carbocycles. The number of nitro groups is 1. The Balaban J connectivity index is 1.53. The zero-order chi connectivity index (χ0) is 22.4. The zero-order valence-corrected chi connectivity index (χ0v) is 17.0. The summed E-state index contributed by atoms with van der Waals surface area (Å²) in [5.74, 6) is -0.246. The summed E-state index contributed by atoms with van der Waals surface area (Å²) in [6.07, 6.45) is 0. The lowest BCUT2D eigenvalue weighted by Gasteiger charge is -2.05. The van der Waals surface area contributed by atoms with Gasteiger partial charge in [0.1, 0.15) is 11.5 Å². The van der Waals surface area contributed by atoms with E-state index in [0.717, 1.165) is 6.07 Å². The van der Waals surface area contributed by atoms with Crippen LogP contribution in [0, 0.1) is 10.1 Å². The second-order valence-corrected chi connectivity index (χ2v) is 7.11. The van der Waals surface area contributed by atoms with Gasteiger partial charge in [-0.3, -0.25) is 24.5 Å². The molecule has 0 saturated carbocycles. The number of non-ortho nitro benzene ring substituents is 1. The van der Waals surface area contributed by atoms with Crippen molar-refractivity contribution in [3.8, 4) is 11.5 Å². The molecule has 2 aromatic heterocycles. The van der Waals surface area contributed by atoms with Gasteiger partial charge in [0.15, 0.2) is 10.9 Å². The number of furan rings is 1. The number of benzene rings is 1. The van der Waals surface area contributed by atoms with Gasteiger partial charge in [-0.1, -0.05) is 6.07 Å². The normalized spacial score (nSPS) is 10.4. The standard InChI is InChI=1S/C19H17N5O6S/c1-11(25)20-8-14-5-6-16(30-14)15-10-31-19(22-15)23-17(26)9-21-18(27)12-3-2-4-13(7-12)24(28)29/h2-7,10H,8-9H2,1H3,(H,20,25)(H,21,27)(H,22,23,26). The molecule has 0 atom stereocenters. The van der Waals surface area contributed by atoms with Gasteiger partial charge in [-0.2, -0.15) is 0 Å². The molecule has 0 radical (unpaired) electrons. The molecule has 12 heteroatoms.